The molecule has 2 N–H and O–H groups in total. The average molecular weight is 241 g/mol. The van der Waals surface area contributed by atoms with Crippen LogP contribution in [0.1, 0.15) is 0 Å². The maximum absolute atomic E-state index is 12.6. The van der Waals surface area contributed by atoms with E-state index in [2.05, 4.69) is 14.7 Å². The number of nitrogens with one attached hydrogen (secondary N) is 2. The zero-order chi connectivity index (χ0) is 11.6. The van der Waals surface area contributed by atoms with Crippen molar-refractivity contribution in [2.24, 2.45) is 0 Å². The summed E-state index contributed by atoms with van der Waals surface area (Å²) >= 11 is 0. The van der Waals surface area contributed by atoms with Crippen molar-refractivity contribution in [2.45, 2.75) is 5.03 Å². The molecule has 1 heterocycles. The third kappa shape index (κ3) is 2.19. The second-order valence-electron chi connectivity index (χ2n) is 3.03. The number of rotatable bonds is 3. The Labute approximate surface area is 91.4 Å². The summed E-state index contributed by atoms with van der Waals surface area (Å²) in [6, 6.07) is 5.02. The first-order chi connectivity index (χ1) is 7.58. The second-order valence-corrected chi connectivity index (χ2v) is 4.68. The van der Waals surface area contributed by atoms with Gasteiger partial charge in [-0.15, -0.1) is 0 Å². The molecule has 5 nitrogen and oxygen atoms in total. The molecule has 1 aromatic carbocycles. The van der Waals surface area contributed by atoms with E-state index < -0.39 is 15.8 Å². The fourth-order valence-electron chi connectivity index (χ4n) is 1.12. The van der Waals surface area contributed by atoms with Crippen LogP contribution in [0.25, 0.3) is 0 Å². The van der Waals surface area contributed by atoms with Crippen molar-refractivity contribution in [3.05, 3.63) is 42.6 Å². The lowest BCUT2D eigenvalue weighted by molar-refractivity contribution is 0.598. The van der Waals surface area contributed by atoms with E-state index in [1.54, 1.807) is 0 Å². The molecule has 16 heavy (non-hydrogen) atoms. The number of halogens is 1. The molecule has 0 radical (unpaired) electrons. The monoisotopic (exact) mass is 241 g/mol. The van der Waals surface area contributed by atoms with Crippen molar-refractivity contribution in [3.8, 4) is 0 Å². The highest BCUT2D eigenvalue weighted by molar-refractivity contribution is 7.92. The van der Waals surface area contributed by atoms with Gasteiger partial charge < -0.3 is 4.98 Å². The maximum atomic E-state index is 12.6. The van der Waals surface area contributed by atoms with Gasteiger partial charge in [0.1, 0.15) is 5.82 Å². The van der Waals surface area contributed by atoms with Crippen molar-refractivity contribution < 1.29 is 12.8 Å². The highest BCUT2D eigenvalue weighted by atomic mass is 32.2. The van der Waals surface area contributed by atoms with Gasteiger partial charge in [0, 0.05) is 5.69 Å². The van der Waals surface area contributed by atoms with E-state index in [0.717, 1.165) is 0 Å². The quantitative estimate of drug-likeness (QED) is 0.851. The molecule has 0 amide bonds. The van der Waals surface area contributed by atoms with E-state index in [4.69, 9.17) is 0 Å². The summed E-state index contributed by atoms with van der Waals surface area (Å²) in [6.45, 7) is 0. The number of anilines is 1. The maximum Gasteiger partial charge on any atom is 0.278 e. The minimum atomic E-state index is -3.67. The van der Waals surface area contributed by atoms with Gasteiger partial charge in [-0.25, -0.2) is 9.37 Å². The standard InChI is InChI=1S/C9H8FN3O2S/c10-7-1-3-8(4-2-7)13-16(14,15)9-5-11-6-12-9/h1-6,13H,(H,11,12). The van der Waals surface area contributed by atoms with E-state index >= 15 is 0 Å². The molecule has 0 bridgehead atoms. The van der Waals surface area contributed by atoms with E-state index in [-0.39, 0.29) is 10.7 Å². The molecule has 0 aliphatic carbocycles. The van der Waals surface area contributed by atoms with Crippen LogP contribution in [0.15, 0.2) is 41.8 Å². The van der Waals surface area contributed by atoms with Crippen LogP contribution in [0.4, 0.5) is 10.1 Å². The van der Waals surface area contributed by atoms with Crippen LogP contribution in [0.5, 0.6) is 0 Å². The fourth-order valence-corrected chi connectivity index (χ4v) is 2.08. The number of nitrogens with zero attached hydrogens (tertiary/aromatic N) is 1. The van der Waals surface area contributed by atoms with E-state index in [9.17, 15) is 12.8 Å². The summed E-state index contributed by atoms with van der Waals surface area (Å²) in [7, 11) is -3.67. The van der Waals surface area contributed by atoms with Gasteiger partial charge in [-0.3, -0.25) is 4.72 Å². The summed E-state index contributed by atoms with van der Waals surface area (Å²) in [5, 5.41) is -0.0446. The average Bonchev–Trinajstić information content (AvgIpc) is 2.75. The normalized spacial score (nSPS) is 11.3. The first-order valence-electron chi connectivity index (χ1n) is 4.35. The number of aromatic nitrogens is 2. The van der Waals surface area contributed by atoms with Gasteiger partial charge in [-0.05, 0) is 24.3 Å². The van der Waals surface area contributed by atoms with Crippen molar-refractivity contribution >= 4 is 15.7 Å². The minimum absolute atomic E-state index is 0.0446. The largest absolute Gasteiger partial charge is 0.334 e. The van der Waals surface area contributed by atoms with Crippen molar-refractivity contribution in [1.82, 2.24) is 9.97 Å². The molecule has 0 aliphatic rings. The number of H-pyrrole nitrogens is 1. The van der Waals surface area contributed by atoms with Crippen LogP contribution in [-0.4, -0.2) is 18.4 Å². The Bertz CT molecular complexity index is 563. The van der Waals surface area contributed by atoms with Crippen LogP contribution in [0, 0.1) is 5.82 Å². The number of aromatic amines is 1. The molecule has 0 unspecified atom stereocenters. The highest BCUT2D eigenvalue weighted by Crippen LogP contribution is 2.13. The van der Waals surface area contributed by atoms with E-state index in [1.807, 2.05) is 0 Å². The lowest BCUT2D eigenvalue weighted by Crippen LogP contribution is -2.13. The zero-order valence-electron chi connectivity index (χ0n) is 8.01. The summed E-state index contributed by atoms with van der Waals surface area (Å²) in [5.41, 5.74) is 0.288. The SMILES string of the molecule is O=S(=O)(Nc1ccc(F)cc1)c1cnc[nH]1. The highest BCUT2D eigenvalue weighted by Gasteiger charge is 2.15. The lowest BCUT2D eigenvalue weighted by Gasteiger charge is -2.05. The fraction of sp³-hybridized carbons (Fsp3) is 0. The number of sulfonamides is 1. The molecule has 0 aliphatic heterocycles. The number of hydrogen-bond acceptors (Lipinski definition) is 3. The first-order valence-corrected chi connectivity index (χ1v) is 5.83. The Morgan fingerprint density at radius 1 is 1.25 bits per heavy atom. The molecule has 2 rings (SSSR count). The van der Waals surface area contributed by atoms with Crippen LogP contribution in [-0.2, 0) is 10.0 Å². The van der Waals surface area contributed by atoms with Gasteiger partial charge in [0.2, 0.25) is 0 Å². The van der Waals surface area contributed by atoms with Crippen LogP contribution in [0.2, 0.25) is 0 Å². The first kappa shape index (κ1) is 10.6. The topological polar surface area (TPSA) is 74.8 Å². The van der Waals surface area contributed by atoms with Crippen molar-refractivity contribution in [2.75, 3.05) is 4.72 Å². The lowest BCUT2D eigenvalue weighted by atomic mass is 10.3. The number of benzene rings is 1. The van der Waals surface area contributed by atoms with Crippen molar-refractivity contribution in [1.29, 1.82) is 0 Å². The molecular weight excluding hydrogens is 233 g/mol. The predicted molar refractivity (Wildman–Crippen MR) is 55.8 cm³/mol. The molecule has 2 aromatic rings. The Hall–Kier alpha value is -1.89. The summed E-state index contributed by atoms with van der Waals surface area (Å²) in [5.74, 6) is -0.426. The molecule has 1 aromatic heterocycles. The van der Waals surface area contributed by atoms with Crippen LogP contribution < -0.4 is 4.72 Å². The number of imidazole rings is 1. The summed E-state index contributed by atoms with van der Waals surface area (Å²) < 4.78 is 38.2. The minimum Gasteiger partial charge on any atom is -0.334 e. The van der Waals surface area contributed by atoms with Gasteiger partial charge in [0.15, 0.2) is 5.03 Å². The smallest absolute Gasteiger partial charge is 0.278 e. The van der Waals surface area contributed by atoms with Gasteiger partial charge in [-0.1, -0.05) is 0 Å². The molecule has 0 spiro atoms. The Morgan fingerprint density at radius 3 is 2.50 bits per heavy atom. The molecule has 0 saturated heterocycles. The van der Waals surface area contributed by atoms with E-state index in [1.165, 1.54) is 36.8 Å². The number of hydrogen-bond donors (Lipinski definition) is 2. The van der Waals surface area contributed by atoms with Gasteiger partial charge in [0.25, 0.3) is 10.0 Å². The third-order valence-corrected chi connectivity index (χ3v) is 3.17. The molecule has 0 atom stereocenters. The molecule has 0 saturated carbocycles. The summed E-state index contributed by atoms with van der Waals surface area (Å²) in [6.07, 6.45) is 2.45. The third-order valence-electron chi connectivity index (χ3n) is 1.86. The van der Waals surface area contributed by atoms with Gasteiger partial charge in [-0.2, -0.15) is 8.42 Å². The van der Waals surface area contributed by atoms with Crippen LogP contribution >= 0.6 is 0 Å². The Kier molecular flexibility index (Phi) is 2.61. The Balaban J connectivity index is 2.25. The zero-order valence-corrected chi connectivity index (χ0v) is 8.83. The van der Waals surface area contributed by atoms with Crippen LogP contribution in [0.3, 0.4) is 0 Å². The van der Waals surface area contributed by atoms with E-state index in [0.29, 0.717) is 0 Å². The second kappa shape index (κ2) is 3.93. The van der Waals surface area contributed by atoms with Gasteiger partial charge in [0.05, 0.1) is 12.5 Å². The molecular formula is C9H8FN3O2S. The summed E-state index contributed by atoms with van der Waals surface area (Å²) in [4.78, 5) is 6.08. The van der Waals surface area contributed by atoms with Gasteiger partial charge >= 0.3 is 0 Å². The predicted octanol–water partition coefficient (Wildman–Crippen LogP) is 1.35. The molecule has 84 valence electrons. The molecule has 0 fully saturated rings. The molecule has 7 heteroatoms. The Morgan fingerprint density at radius 2 is 1.94 bits per heavy atom. The van der Waals surface area contributed by atoms with Crippen molar-refractivity contribution in [3.63, 3.8) is 0 Å².